The van der Waals surface area contributed by atoms with Crippen molar-refractivity contribution in [3.63, 3.8) is 0 Å². The van der Waals surface area contributed by atoms with Crippen LogP contribution in [0.4, 0.5) is 0 Å². The molecule has 1 heterocycles. The van der Waals surface area contributed by atoms with Gasteiger partial charge in [0.15, 0.2) is 69.0 Å². The lowest BCUT2D eigenvalue weighted by Gasteiger charge is -2.21. The maximum atomic E-state index is 6.52. The summed E-state index contributed by atoms with van der Waals surface area (Å²) >= 11 is 8.16. The van der Waals surface area contributed by atoms with Crippen molar-refractivity contribution in [1.29, 1.82) is 0 Å². The third-order valence-corrected chi connectivity index (χ3v) is 15.6. The molecule has 16 heteroatoms. The van der Waals surface area contributed by atoms with Gasteiger partial charge in [-0.3, -0.25) is 0 Å². The summed E-state index contributed by atoms with van der Waals surface area (Å²) in [5, 5.41) is 0. The summed E-state index contributed by atoms with van der Waals surface area (Å²) in [5.41, 5.74) is 12.6. The third kappa shape index (κ3) is 11.1. The van der Waals surface area contributed by atoms with Gasteiger partial charge in [-0.25, -0.2) is 0 Å². The van der Waals surface area contributed by atoms with Gasteiger partial charge in [0.05, 0.1) is 93.0 Å². The summed E-state index contributed by atoms with van der Waals surface area (Å²) in [7, 11) is 13.2. The first-order valence-electron chi connectivity index (χ1n) is 24.4. The van der Waals surface area contributed by atoms with E-state index in [9.17, 15) is 0 Å². The minimum absolute atomic E-state index is 0.204. The van der Waals surface area contributed by atoms with Crippen molar-refractivity contribution in [2.75, 3.05) is 110 Å². The molecular formula is C58H62Br2O14. The van der Waals surface area contributed by atoms with E-state index in [4.69, 9.17) is 66.3 Å². The van der Waals surface area contributed by atoms with Crippen LogP contribution in [0.2, 0.25) is 0 Å². The lowest BCUT2D eigenvalue weighted by molar-refractivity contribution is 0.0639. The second-order valence-corrected chi connectivity index (χ2v) is 19.6. The average molecular weight is 1140 g/mol. The molecule has 0 saturated heterocycles. The molecule has 0 aromatic heterocycles. The minimum atomic E-state index is -0.204. The van der Waals surface area contributed by atoms with Crippen molar-refractivity contribution in [2.45, 2.75) is 35.3 Å². The largest absolute Gasteiger partial charge is 0.493 e. The van der Waals surface area contributed by atoms with E-state index in [-0.39, 0.29) is 36.1 Å². The molecule has 3 aliphatic rings. The zero-order chi connectivity index (χ0) is 51.9. The van der Waals surface area contributed by atoms with Gasteiger partial charge in [-0.1, -0.05) is 31.9 Å². The summed E-state index contributed by atoms with van der Waals surface area (Å²) in [6.07, 6.45) is 2.32. The van der Waals surface area contributed by atoms with Crippen molar-refractivity contribution in [3.05, 3.63) is 140 Å². The molecule has 9 rings (SSSR count). The van der Waals surface area contributed by atoms with Crippen molar-refractivity contribution in [1.82, 2.24) is 0 Å². The van der Waals surface area contributed by atoms with Crippen molar-refractivity contribution < 1.29 is 66.3 Å². The van der Waals surface area contributed by atoms with E-state index < -0.39 is 0 Å². The Labute approximate surface area is 449 Å². The zero-order valence-corrected chi connectivity index (χ0v) is 46.2. The number of methoxy groups -OCH3 is 8. The number of hydrogen-bond acceptors (Lipinski definition) is 14. The Bertz CT molecular complexity index is 2590. The van der Waals surface area contributed by atoms with Crippen LogP contribution >= 0.6 is 31.9 Å². The van der Waals surface area contributed by atoms with Crippen LogP contribution in [0.1, 0.15) is 76.4 Å². The van der Waals surface area contributed by atoms with E-state index in [0.717, 1.165) is 66.8 Å². The Morgan fingerprint density at radius 1 is 0.284 bits per heavy atom. The predicted molar refractivity (Wildman–Crippen MR) is 287 cm³/mol. The molecule has 2 aliphatic carbocycles. The molecule has 6 aromatic carbocycles. The highest BCUT2D eigenvalue weighted by molar-refractivity contribution is 9.09. The van der Waals surface area contributed by atoms with E-state index in [1.54, 1.807) is 56.9 Å². The van der Waals surface area contributed by atoms with E-state index in [1.165, 1.54) is 0 Å². The Morgan fingerprint density at radius 2 is 0.486 bits per heavy atom. The molecule has 14 nitrogen and oxygen atoms in total. The Balaban J connectivity index is 1.00. The number of rotatable bonds is 8. The molecule has 392 valence electrons. The topological polar surface area (TPSA) is 129 Å². The lowest BCUT2D eigenvalue weighted by Crippen LogP contribution is -2.16. The molecule has 6 aromatic rings. The number of ether oxygens (including phenoxy) is 14. The molecule has 1 aliphatic heterocycles. The maximum absolute atomic E-state index is 6.52. The normalized spacial score (nSPS) is 15.3. The summed E-state index contributed by atoms with van der Waals surface area (Å²) in [4.78, 5) is -0.408. The first kappa shape index (κ1) is 52.7. The van der Waals surface area contributed by atoms with Crippen LogP contribution < -0.4 is 56.8 Å². The van der Waals surface area contributed by atoms with Gasteiger partial charge in [0.2, 0.25) is 0 Å². The van der Waals surface area contributed by atoms with Crippen molar-refractivity contribution in [2.24, 2.45) is 0 Å². The standard InChI is InChI=1S/C58H62Br2O14/c1-61-45-25-37-17-33-21-53-54(22-34(33)18-38-26-46(62-2)50(66-6)30-42(38)57(59)41(37)29-49(45)65-5)72-14-10-70-12-16-74-56-24-36-20-40-28-48(64-4)52(68-8)32-44(40)58(60)43-31-51(67-7)47(63-3)27-39(43)19-35(36)23-55(56)73-15-11-69-9-13-71-53/h21-32,57-58H,9-20H2,1-8H3. The van der Waals surface area contributed by atoms with Crippen LogP contribution in [0.25, 0.3) is 0 Å². The van der Waals surface area contributed by atoms with Gasteiger partial charge in [-0.05, 0) is 165 Å². The maximum Gasteiger partial charge on any atom is 0.161 e. The molecule has 0 unspecified atom stereocenters. The average Bonchev–Trinajstić information content (AvgIpc) is 3.49. The zero-order valence-electron chi connectivity index (χ0n) is 43.0. The van der Waals surface area contributed by atoms with Crippen LogP contribution in [-0.4, -0.2) is 110 Å². The lowest BCUT2D eigenvalue weighted by atomic mass is 9.94. The summed E-state index contributed by atoms with van der Waals surface area (Å²) in [6, 6.07) is 24.7. The van der Waals surface area contributed by atoms with E-state index in [2.05, 4.69) is 56.1 Å². The number of benzene rings is 6. The Morgan fingerprint density at radius 3 is 0.689 bits per heavy atom. The first-order chi connectivity index (χ1) is 36.1. The number of hydrogen-bond donors (Lipinski definition) is 0. The fourth-order valence-corrected chi connectivity index (χ4v) is 11.6. The van der Waals surface area contributed by atoms with Crippen molar-refractivity contribution in [3.8, 4) is 69.0 Å². The molecule has 0 bridgehead atoms. The van der Waals surface area contributed by atoms with Gasteiger partial charge >= 0.3 is 0 Å². The third-order valence-electron chi connectivity index (χ3n) is 13.7. The van der Waals surface area contributed by atoms with Crippen LogP contribution in [0.15, 0.2) is 72.8 Å². The van der Waals surface area contributed by atoms with E-state index >= 15 is 0 Å². The summed E-state index contributed by atoms with van der Waals surface area (Å²) in [5.74, 6) is 7.50. The van der Waals surface area contributed by atoms with Crippen molar-refractivity contribution >= 4 is 31.9 Å². The second-order valence-electron chi connectivity index (χ2n) is 17.8. The van der Waals surface area contributed by atoms with Gasteiger partial charge < -0.3 is 66.3 Å². The SMILES string of the molecule is COc1cc2c(cc1OC)C(Br)c1cc(OC)c(OC)cc1Cc1cc3c(cc1C2)OCCOCCOc1cc2c(cc1OCCOCCO3)Cc1cc(OC)c(OC)cc1C(Br)c1cc(OC)c(OC)cc1C2. The highest BCUT2D eigenvalue weighted by atomic mass is 79.9. The smallest absolute Gasteiger partial charge is 0.161 e. The van der Waals surface area contributed by atoms with Crippen LogP contribution in [0, 0.1) is 0 Å². The van der Waals surface area contributed by atoms with Crippen LogP contribution in [0.5, 0.6) is 69.0 Å². The van der Waals surface area contributed by atoms with Gasteiger partial charge in [0, 0.05) is 0 Å². The summed E-state index contributed by atoms with van der Waals surface area (Å²) in [6.45, 7) is 2.29. The fourth-order valence-electron chi connectivity index (χ4n) is 9.90. The molecule has 0 amide bonds. The summed E-state index contributed by atoms with van der Waals surface area (Å²) < 4.78 is 84.8. The van der Waals surface area contributed by atoms with Gasteiger partial charge in [0.1, 0.15) is 26.4 Å². The minimum Gasteiger partial charge on any atom is -0.493 e. The number of halogens is 2. The van der Waals surface area contributed by atoms with E-state index in [0.29, 0.717) is 121 Å². The monoisotopic (exact) mass is 1140 g/mol. The fraction of sp³-hybridized carbons (Fsp3) is 0.379. The van der Waals surface area contributed by atoms with Gasteiger partial charge in [-0.2, -0.15) is 0 Å². The molecule has 0 radical (unpaired) electrons. The van der Waals surface area contributed by atoms with Gasteiger partial charge in [-0.15, -0.1) is 0 Å². The molecule has 0 fully saturated rings. The molecule has 74 heavy (non-hydrogen) atoms. The molecule has 0 spiro atoms. The Kier molecular flexibility index (Phi) is 17.1. The highest BCUT2D eigenvalue weighted by Gasteiger charge is 2.29. The number of fused-ring (bicyclic) bond motifs is 8. The highest BCUT2D eigenvalue weighted by Crippen LogP contribution is 2.49. The predicted octanol–water partition coefficient (Wildman–Crippen LogP) is 11.0. The van der Waals surface area contributed by atoms with Gasteiger partial charge in [0.25, 0.3) is 0 Å². The molecule has 0 saturated carbocycles. The number of alkyl halides is 2. The quantitative estimate of drug-likeness (QED) is 0.134. The molecule has 0 N–H and O–H groups in total. The first-order valence-corrected chi connectivity index (χ1v) is 26.2. The van der Waals surface area contributed by atoms with E-state index in [1.807, 2.05) is 48.5 Å². The Hall–Kier alpha value is -6.20. The van der Waals surface area contributed by atoms with Crippen LogP contribution in [-0.2, 0) is 35.2 Å². The molecule has 0 atom stereocenters. The van der Waals surface area contributed by atoms with Crippen LogP contribution in [0.3, 0.4) is 0 Å². The molecular weight excluding hydrogens is 1080 g/mol. The second kappa shape index (κ2) is 24.0.